The number of aromatic carboxylic acids is 1. The molecule has 0 saturated carbocycles. The Bertz CT molecular complexity index is 336. The highest BCUT2D eigenvalue weighted by atomic mass is 19.1. The number of carbonyl (C=O) groups is 1. The van der Waals surface area contributed by atoms with Crippen LogP contribution in [0.3, 0.4) is 0 Å². The molecule has 0 unspecified atom stereocenters. The van der Waals surface area contributed by atoms with Crippen LogP contribution in [-0.4, -0.2) is 22.8 Å². The number of aliphatic hydroxyl groups excluding tert-OH is 1. The van der Waals surface area contributed by atoms with Gasteiger partial charge in [-0.25, -0.2) is 9.18 Å². The molecule has 0 saturated heterocycles. The van der Waals surface area contributed by atoms with E-state index < -0.39 is 11.8 Å². The maximum absolute atomic E-state index is 13.2. The van der Waals surface area contributed by atoms with Gasteiger partial charge in [-0.05, 0) is 30.5 Å². The molecule has 4 heteroatoms. The molecule has 0 heterocycles. The Balaban J connectivity index is 2.84. The standard InChI is InChI=1S/C10H11FO3/c11-9-6-8(10(13)14)4-3-7(9)2-1-5-12/h3-4,6,12H,1-2,5H2,(H,13,14). The van der Waals surface area contributed by atoms with Gasteiger partial charge in [-0.15, -0.1) is 0 Å². The van der Waals surface area contributed by atoms with Crippen LogP contribution in [-0.2, 0) is 6.42 Å². The first-order valence-corrected chi connectivity index (χ1v) is 4.27. The molecular weight excluding hydrogens is 187 g/mol. The van der Waals surface area contributed by atoms with Crippen molar-refractivity contribution in [3.8, 4) is 0 Å². The third kappa shape index (κ3) is 2.53. The third-order valence-corrected chi connectivity index (χ3v) is 1.90. The van der Waals surface area contributed by atoms with Crippen LogP contribution in [0.2, 0.25) is 0 Å². The largest absolute Gasteiger partial charge is 0.478 e. The van der Waals surface area contributed by atoms with Crippen molar-refractivity contribution in [2.45, 2.75) is 12.8 Å². The molecule has 1 rings (SSSR count). The molecule has 0 atom stereocenters. The second-order valence-corrected chi connectivity index (χ2v) is 2.94. The summed E-state index contributed by atoms with van der Waals surface area (Å²) in [6.45, 7) is 0.000121. The maximum Gasteiger partial charge on any atom is 0.335 e. The maximum atomic E-state index is 13.2. The highest BCUT2D eigenvalue weighted by Crippen LogP contribution is 2.12. The summed E-state index contributed by atoms with van der Waals surface area (Å²) in [6.07, 6.45) is 0.894. The van der Waals surface area contributed by atoms with E-state index in [0.717, 1.165) is 6.07 Å². The Labute approximate surface area is 80.8 Å². The molecule has 0 radical (unpaired) electrons. The molecule has 3 nitrogen and oxygen atoms in total. The summed E-state index contributed by atoms with van der Waals surface area (Å²) in [7, 11) is 0. The highest BCUT2D eigenvalue weighted by molar-refractivity contribution is 5.87. The van der Waals surface area contributed by atoms with Crippen molar-refractivity contribution in [1.29, 1.82) is 0 Å². The van der Waals surface area contributed by atoms with Crippen LogP contribution in [0.25, 0.3) is 0 Å². The molecule has 76 valence electrons. The summed E-state index contributed by atoms with van der Waals surface area (Å²) in [5, 5.41) is 17.1. The summed E-state index contributed by atoms with van der Waals surface area (Å²) >= 11 is 0. The van der Waals surface area contributed by atoms with Gasteiger partial charge in [0.15, 0.2) is 0 Å². The van der Waals surface area contributed by atoms with Crippen LogP contribution in [0.4, 0.5) is 4.39 Å². The summed E-state index contributed by atoms with van der Waals surface area (Å²) in [5.41, 5.74) is 0.374. The number of aryl methyl sites for hydroxylation is 1. The Morgan fingerprint density at radius 2 is 2.14 bits per heavy atom. The normalized spacial score (nSPS) is 10.1. The zero-order chi connectivity index (χ0) is 10.6. The fourth-order valence-electron chi connectivity index (χ4n) is 1.15. The van der Waals surface area contributed by atoms with Crippen molar-refractivity contribution in [3.05, 3.63) is 35.1 Å². The zero-order valence-corrected chi connectivity index (χ0v) is 7.53. The first-order chi connectivity index (χ1) is 6.65. The molecule has 0 fully saturated rings. The summed E-state index contributed by atoms with van der Waals surface area (Å²) < 4.78 is 13.2. The molecule has 0 aliphatic rings. The van der Waals surface area contributed by atoms with Gasteiger partial charge < -0.3 is 10.2 Å². The SMILES string of the molecule is O=C(O)c1ccc(CCCO)c(F)c1. The van der Waals surface area contributed by atoms with Gasteiger partial charge in [-0.2, -0.15) is 0 Å². The Morgan fingerprint density at radius 1 is 1.43 bits per heavy atom. The second-order valence-electron chi connectivity index (χ2n) is 2.94. The summed E-state index contributed by atoms with van der Waals surface area (Å²) in [5.74, 6) is -1.67. The van der Waals surface area contributed by atoms with Crippen LogP contribution in [0, 0.1) is 5.82 Å². The molecule has 0 amide bonds. The van der Waals surface area contributed by atoms with E-state index in [1.807, 2.05) is 0 Å². The van der Waals surface area contributed by atoms with E-state index in [4.69, 9.17) is 10.2 Å². The van der Waals surface area contributed by atoms with E-state index in [9.17, 15) is 9.18 Å². The monoisotopic (exact) mass is 198 g/mol. The van der Waals surface area contributed by atoms with Crippen molar-refractivity contribution in [1.82, 2.24) is 0 Å². The predicted octanol–water partition coefficient (Wildman–Crippen LogP) is 1.45. The Kier molecular flexibility index (Phi) is 3.59. The van der Waals surface area contributed by atoms with Crippen molar-refractivity contribution in [2.75, 3.05) is 6.61 Å². The van der Waals surface area contributed by atoms with Gasteiger partial charge in [0, 0.05) is 6.61 Å². The third-order valence-electron chi connectivity index (χ3n) is 1.90. The molecule has 14 heavy (non-hydrogen) atoms. The number of aliphatic hydroxyl groups is 1. The van der Waals surface area contributed by atoms with Crippen molar-refractivity contribution in [2.24, 2.45) is 0 Å². The second kappa shape index (κ2) is 4.72. The molecular formula is C10H11FO3. The van der Waals surface area contributed by atoms with Gasteiger partial charge in [-0.3, -0.25) is 0 Å². The number of benzene rings is 1. The van der Waals surface area contributed by atoms with Crippen LogP contribution >= 0.6 is 0 Å². The molecule has 2 N–H and O–H groups in total. The number of hydrogen-bond donors (Lipinski definition) is 2. The summed E-state index contributed by atoms with van der Waals surface area (Å²) in [6, 6.07) is 3.79. The lowest BCUT2D eigenvalue weighted by Gasteiger charge is -2.02. The predicted molar refractivity (Wildman–Crippen MR) is 48.8 cm³/mol. The zero-order valence-electron chi connectivity index (χ0n) is 7.53. The smallest absolute Gasteiger partial charge is 0.335 e. The van der Waals surface area contributed by atoms with Gasteiger partial charge in [0.25, 0.3) is 0 Å². The Morgan fingerprint density at radius 3 is 2.64 bits per heavy atom. The van der Waals surface area contributed by atoms with E-state index in [-0.39, 0.29) is 12.2 Å². The number of carboxylic acid groups (broad SMARTS) is 1. The lowest BCUT2D eigenvalue weighted by Crippen LogP contribution is -2.00. The van der Waals surface area contributed by atoms with Crippen LogP contribution in [0.15, 0.2) is 18.2 Å². The van der Waals surface area contributed by atoms with Gasteiger partial charge in [0.05, 0.1) is 5.56 Å². The van der Waals surface area contributed by atoms with Gasteiger partial charge in [0.2, 0.25) is 0 Å². The van der Waals surface area contributed by atoms with E-state index in [0.29, 0.717) is 18.4 Å². The highest BCUT2D eigenvalue weighted by Gasteiger charge is 2.07. The van der Waals surface area contributed by atoms with Crippen molar-refractivity contribution in [3.63, 3.8) is 0 Å². The van der Waals surface area contributed by atoms with Gasteiger partial charge >= 0.3 is 5.97 Å². The first-order valence-electron chi connectivity index (χ1n) is 4.27. The lowest BCUT2D eigenvalue weighted by molar-refractivity contribution is 0.0696. The molecule has 0 aliphatic carbocycles. The minimum absolute atomic E-state index is 0.000121. The summed E-state index contributed by atoms with van der Waals surface area (Å²) in [4.78, 5) is 10.5. The quantitative estimate of drug-likeness (QED) is 0.769. The first kappa shape index (κ1) is 10.7. The van der Waals surface area contributed by atoms with E-state index in [1.165, 1.54) is 12.1 Å². The topological polar surface area (TPSA) is 57.5 Å². The van der Waals surface area contributed by atoms with E-state index in [2.05, 4.69) is 0 Å². The van der Waals surface area contributed by atoms with Crippen LogP contribution in [0.5, 0.6) is 0 Å². The Hall–Kier alpha value is -1.42. The average molecular weight is 198 g/mol. The molecule has 0 aromatic heterocycles. The molecule has 1 aromatic rings. The van der Waals surface area contributed by atoms with Crippen molar-refractivity contribution >= 4 is 5.97 Å². The minimum Gasteiger partial charge on any atom is -0.478 e. The van der Waals surface area contributed by atoms with Gasteiger partial charge in [0.1, 0.15) is 5.82 Å². The fourth-order valence-corrected chi connectivity index (χ4v) is 1.15. The lowest BCUT2D eigenvalue weighted by atomic mass is 10.1. The number of carboxylic acids is 1. The fraction of sp³-hybridized carbons (Fsp3) is 0.300. The molecule has 1 aromatic carbocycles. The van der Waals surface area contributed by atoms with Gasteiger partial charge in [-0.1, -0.05) is 6.07 Å². The minimum atomic E-state index is -1.14. The van der Waals surface area contributed by atoms with E-state index >= 15 is 0 Å². The van der Waals surface area contributed by atoms with Crippen LogP contribution < -0.4 is 0 Å². The van der Waals surface area contributed by atoms with E-state index in [1.54, 1.807) is 0 Å². The van der Waals surface area contributed by atoms with Crippen molar-refractivity contribution < 1.29 is 19.4 Å². The number of rotatable bonds is 4. The number of hydrogen-bond acceptors (Lipinski definition) is 2. The molecule has 0 bridgehead atoms. The van der Waals surface area contributed by atoms with Crippen LogP contribution in [0.1, 0.15) is 22.3 Å². The molecule has 0 aliphatic heterocycles. The molecule has 0 spiro atoms. The number of halogens is 1. The average Bonchev–Trinajstić information content (AvgIpc) is 2.15.